The van der Waals surface area contributed by atoms with Gasteiger partial charge in [0.25, 0.3) is 5.91 Å². The molecule has 0 fully saturated rings. The summed E-state index contributed by atoms with van der Waals surface area (Å²) in [6.45, 7) is 5.26. The van der Waals surface area contributed by atoms with E-state index in [2.05, 4.69) is 20.7 Å². The van der Waals surface area contributed by atoms with Gasteiger partial charge in [-0.25, -0.2) is 4.39 Å². The highest BCUT2D eigenvalue weighted by molar-refractivity contribution is 6.30. The Morgan fingerprint density at radius 3 is 2.41 bits per heavy atom. The number of hydrogen-bond acceptors (Lipinski definition) is 6. The van der Waals surface area contributed by atoms with Crippen LogP contribution < -0.4 is 15.0 Å². The van der Waals surface area contributed by atoms with Crippen LogP contribution in [0.4, 0.5) is 10.1 Å². The van der Waals surface area contributed by atoms with Crippen molar-refractivity contribution in [2.45, 2.75) is 38.9 Å². The lowest BCUT2D eigenvalue weighted by molar-refractivity contribution is -0.128. The largest absolute Gasteiger partial charge is 0.497 e. The zero-order valence-corrected chi connectivity index (χ0v) is 22.7. The predicted molar refractivity (Wildman–Crippen MR) is 146 cm³/mol. The van der Waals surface area contributed by atoms with E-state index in [0.717, 1.165) is 4.80 Å². The maximum Gasteiger partial charge on any atom is 0.251 e. The first-order valence-corrected chi connectivity index (χ1v) is 12.5. The molecule has 0 spiro atoms. The van der Waals surface area contributed by atoms with E-state index in [0.29, 0.717) is 27.6 Å². The number of benzene rings is 3. The van der Waals surface area contributed by atoms with Crippen molar-refractivity contribution < 1.29 is 18.7 Å². The first-order valence-electron chi connectivity index (χ1n) is 12.1. The van der Waals surface area contributed by atoms with Gasteiger partial charge in [-0.15, -0.1) is 10.2 Å². The van der Waals surface area contributed by atoms with Crippen molar-refractivity contribution in [1.29, 1.82) is 0 Å². The number of anilines is 1. The number of carbonyl (C=O) groups excluding carboxylic acids is 2. The Balaban J connectivity index is 1.75. The molecule has 0 aliphatic carbocycles. The average Bonchev–Trinajstić information content (AvgIpc) is 3.35. The van der Waals surface area contributed by atoms with Crippen LogP contribution in [-0.4, -0.2) is 44.7 Å². The second kappa shape index (κ2) is 11.6. The van der Waals surface area contributed by atoms with Gasteiger partial charge in [-0.1, -0.05) is 29.8 Å². The van der Waals surface area contributed by atoms with E-state index in [1.807, 2.05) is 20.8 Å². The lowest BCUT2D eigenvalue weighted by Gasteiger charge is -2.33. The summed E-state index contributed by atoms with van der Waals surface area (Å²) in [7, 11) is 1.52. The second-order valence-electron chi connectivity index (χ2n) is 9.81. The molecular weight excluding hydrogens is 523 g/mol. The van der Waals surface area contributed by atoms with Gasteiger partial charge < -0.3 is 10.1 Å². The van der Waals surface area contributed by atoms with Crippen molar-refractivity contribution in [3.8, 4) is 17.1 Å². The molecule has 0 saturated carbocycles. The van der Waals surface area contributed by atoms with Gasteiger partial charge in [-0.2, -0.15) is 4.80 Å². The molecule has 1 aromatic heterocycles. The van der Waals surface area contributed by atoms with Gasteiger partial charge in [-0.05, 0) is 80.1 Å². The fraction of sp³-hybridized carbons (Fsp3) is 0.250. The molecule has 0 saturated heterocycles. The molecule has 0 aliphatic heterocycles. The summed E-state index contributed by atoms with van der Waals surface area (Å²) in [6, 6.07) is 18.2. The molecule has 0 bridgehead atoms. The number of nitrogens with one attached hydrogen (secondary N) is 1. The Labute approximate surface area is 230 Å². The predicted octanol–water partition coefficient (Wildman–Crippen LogP) is 4.83. The van der Waals surface area contributed by atoms with Crippen molar-refractivity contribution in [2.24, 2.45) is 0 Å². The number of tetrazole rings is 1. The summed E-state index contributed by atoms with van der Waals surface area (Å²) in [5.74, 6) is -0.517. The minimum Gasteiger partial charge on any atom is -0.497 e. The maximum atomic E-state index is 14.0. The summed E-state index contributed by atoms with van der Waals surface area (Å²) < 4.78 is 18.7. The van der Waals surface area contributed by atoms with E-state index in [-0.39, 0.29) is 18.3 Å². The third kappa shape index (κ3) is 6.97. The summed E-state index contributed by atoms with van der Waals surface area (Å²) in [5, 5.41) is 15.8. The van der Waals surface area contributed by atoms with Gasteiger partial charge in [0.15, 0.2) is 0 Å². The number of aromatic nitrogens is 4. The number of rotatable bonds is 8. The maximum absolute atomic E-state index is 14.0. The van der Waals surface area contributed by atoms with Crippen LogP contribution in [0.25, 0.3) is 11.4 Å². The zero-order valence-electron chi connectivity index (χ0n) is 21.9. The highest BCUT2D eigenvalue weighted by Gasteiger charge is 2.35. The fourth-order valence-corrected chi connectivity index (χ4v) is 4.05. The first kappa shape index (κ1) is 27.7. The number of nitrogens with zero attached hydrogens (tertiary/aromatic N) is 5. The smallest absolute Gasteiger partial charge is 0.251 e. The van der Waals surface area contributed by atoms with Gasteiger partial charge in [0.2, 0.25) is 11.7 Å². The Morgan fingerprint density at radius 2 is 1.77 bits per heavy atom. The summed E-state index contributed by atoms with van der Waals surface area (Å²) in [5.41, 5.74) is 0.962. The molecule has 0 unspecified atom stereocenters. The normalized spacial score (nSPS) is 12.1. The number of carbonyl (C=O) groups is 2. The van der Waals surface area contributed by atoms with Crippen LogP contribution in [0.5, 0.6) is 5.75 Å². The van der Waals surface area contributed by atoms with Crippen molar-refractivity contribution >= 4 is 29.1 Å². The second-order valence-corrected chi connectivity index (χ2v) is 10.2. The first-order chi connectivity index (χ1) is 18.5. The molecule has 1 N–H and O–H groups in total. The number of methoxy groups -OCH3 is 1. The van der Waals surface area contributed by atoms with Crippen molar-refractivity contribution in [2.75, 3.05) is 12.0 Å². The molecule has 1 atom stereocenters. The third-order valence-corrected chi connectivity index (χ3v) is 5.87. The molecular formula is C28H28ClFN6O3. The van der Waals surface area contributed by atoms with Crippen LogP contribution in [0.1, 0.15) is 32.4 Å². The fourth-order valence-electron chi connectivity index (χ4n) is 3.92. The van der Waals surface area contributed by atoms with Crippen LogP contribution in [0.2, 0.25) is 5.02 Å². The average molecular weight is 551 g/mol. The Kier molecular flexibility index (Phi) is 8.25. The van der Waals surface area contributed by atoms with E-state index in [1.54, 1.807) is 48.5 Å². The van der Waals surface area contributed by atoms with Crippen LogP contribution >= 0.6 is 11.6 Å². The molecule has 11 heteroatoms. The van der Waals surface area contributed by atoms with E-state index in [9.17, 15) is 14.0 Å². The van der Waals surface area contributed by atoms with Gasteiger partial charge in [0.05, 0.1) is 7.11 Å². The molecule has 0 aliphatic rings. The Morgan fingerprint density at radius 1 is 1.08 bits per heavy atom. The minimum absolute atomic E-state index is 0.232. The third-order valence-electron chi connectivity index (χ3n) is 5.62. The van der Waals surface area contributed by atoms with Crippen LogP contribution in [0, 0.1) is 5.82 Å². The van der Waals surface area contributed by atoms with E-state index < -0.39 is 23.3 Å². The van der Waals surface area contributed by atoms with Gasteiger partial charge in [0, 0.05) is 27.9 Å². The Bertz CT molecular complexity index is 1450. The van der Waals surface area contributed by atoms with Crippen LogP contribution in [-0.2, 0) is 16.1 Å². The lowest BCUT2D eigenvalue weighted by atomic mass is 10.0. The lowest BCUT2D eigenvalue weighted by Crippen LogP contribution is -2.50. The van der Waals surface area contributed by atoms with Gasteiger partial charge >= 0.3 is 0 Å². The minimum atomic E-state index is -1.05. The highest BCUT2D eigenvalue weighted by Crippen LogP contribution is 2.32. The van der Waals surface area contributed by atoms with E-state index in [1.165, 1.54) is 36.3 Å². The highest BCUT2D eigenvalue weighted by atomic mass is 35.5. The van der Waals surface area contributed by atoms with Crippen molar-refractivity contribution in [3.63, 3.8) is 0 Å². The standard InChI is InChI=1S/C28H28ClFN6O3/c1-28(2,3)31-27(38)25(18-8-12-20(29)13-9-18)36(22-6-5-7-23(16-22)39-4)24(37)17-35-33-26(32-34-35)19-10-14-21(30)15-11-19/h5-16,25H,17H2,1-4H3,(H,31,38)/t25-/m0/s1. The van der Waals surface area contributed by atoms with Gasteiger partial charge in [-0.3, -0.25) is 14.5 Å². The molecule has 2 amide bonds. The quantitative estimate of drug-likeness (QED) is 0.337. The Hall–Kier alpha value is -4.31. The molecule has 0 radical (unpaired) electrons. The summed E-state index contributed by atoms with van der Waals surface area (Å²) >= 11 is 6.12. The van der Waals surface area contributed by atoms with Gasteiger partial charge in [0.1, 0.15) is 24.2 Å². The van der Waals surface area contributed by atoms with Crippen molar-refractivity contribution in [3.05, 3.63) is 89.2 Å². The molecule has 9 nitrogen and oxygen atoms in total. The number of hydrogen-bond donors (Lipinski definition) is 1. The number of amides is 2. The monoisotopic (exact) mass is 550 g/mol. The topological polar surface area (TPSA) is 102 Å². The molecule has 1 heterocycles. The van der Waals surface area contributed by atoms with Crippen LogP contribution in [0.15, 0.2) is 72.8 Å². The summed E-state index contributed by atoms with van der Waals surface area (Å²) in [6.07, 6.45) is 0. The molecule has 4 rings (SSSR count). The molecule has 39 heavy (non-hydrogen) atoms. The summed E-state index contributed by atoms with van der Waals surface area (Å²) in [4.78, 5) is 30.2. The van der Waals surface area contributed by atoms with E-state index >= 15 is 0 Å². The SMILES string of the molecule is COc1cccc(N(C(=O)Cn2nnc(-c3ccc(F)cc3)n2)[C@H](C(=O)NC(C)(C)C)c2ccc(Cl)cc2)c1. The number of ether oxygens (including phenoxy) is 1. The molecule has 4 aromatic rings. The molecule has 202 valence electrons. The number of halogens is 2. The van der Waals surface area contributed by atoms with E-state index in [4.69, 9.17) is 16.3 Å². The van der Waals surface area contributed by atoms with Crippen molar-refractivity contribution in [1.82, 2.24) is 25.5 Å². The molecule has 3 aromatic carbocycles. The van der Waals surface area contributed by atoms with Crippen LogP contribution in [0.3, 0.4) is 0 Å². The zero-order chi connectivity index (χ0) is 28.2.